The Balaban J connectivity index is 2.04. The lowest BCUT2D eigenvalue weighted by Crippen LogP contribution is -2.22. The van der Waals surface area contributed by atoms with Gasteiger partial charge in [-0.15, -0.1) is 11.3 Å². The van der Waals surface area contributed by atoms with Crippen LogP contribution in [0.5, 0.6) is 0 Å². The Hall–Kier alpha value is -2.22. The zero-order chi connectivity index (χ0) is 19.3. The highest BCUT2D eigenvalue weighted by Gasteiger charge is 2.29. The average molecular weight is 381 g/mol. The van der Waals surface area contributed by atoms with Crippen molar-refractivity contribution in [3.05, 3.63) is 16.0 Å². The van der Waals surface area contributed by atoms with E-state index in [1.54, 1.807) is 0 Å². The summed E-state index contributed by atoms with van der Waals surface area (Å²) in [7, 11) is 1.31. The first kappa shape index (κ1) is 20.1. The Morgan fingerprint density at radius 2 is 1.96 bits per heavy atom. The second kappa shape index (κ2) is 8.93. The number of ether oxygens (including phenoxy) is 2. The molecular formula is C18H23NO6S. The fourth-order valence-corrected chi connectivity index (χ4v) is 4.23. The van der Waals surface area contributed by atoms with E-state index in [1.165, 1.54) is 25.4 Å². The predicted molar refractivity (Wildman–Crippen MR) is 96.4 cm³/mol. The van der Waals surface area contributed by atoms with Crippen LogP contribution in [-0.4, -0.2) is 37.3 Å². The minimum absolute atomic E-state index is 0.0544. The Labute approximate surface area is 156 Å². The lowest BCUT2D eigenvalue weighted by Gasteiger charge is -2.18. The first-order chi connectivity index (χ1) is 12.3. The molecule has 142 valence electrons. The van der Waals surface area contributed by atoms with Gasteiger partial charge in [0.2, 0.25) is 0 Å². The highest BCUT2D eigenvalue weighted by atomic mass is 32.1. The summed E-state index contributed by atoms with van der Waals surface area (Å²) in [5, 5.41) is 3.08. The van der Waals surface area contributed by atoms with Gasteiger partial charge in [0.15, 0.2) is 6.61 Å². The fourth-order valence-electron chi connectivity index (χ4n) is 2.82. The van der Waals surface area contributed by atoms with Crippen molar-refractivity contribution in [3.63, 3.8) is 0 Å². The number of methoxy groups -OCH3 is 1. The Kier molecular flexibility index (Phi) is 6.90. The van der Waals surface area contributed by atoms with E-state index in [1.807, 2.05) is 0 Å². The molecule has 1 aromatic rings. The number of ketones is 1. The standard InChI is InChI=1S/C18H23NO6S/c1-10-4-6-12-13(8-10)26-17(16(12)18(23)24-3)19-14(21)9-25-15(22)7-5-11(2)20/h10H,4-9H2,1-3H3,(H,19,21)/t10-/m1/s1. The molecule has 1 aliphatic carbocycles. The summed E-state index contributed by atoms with van der Waals surface area (Å²) in [4.78, 5) is 47.7. The molecule has 0 fully saturated rings. The molecule has 8 heteroatoms. The smallest absolute Gasteiger partial charge is 0.341 e. The fraction of sp³-hybridized carbons (Fsp3) is 0.556. The highest BCUT2D eigenvalue weighted by molar-refractivity contribution is 7.17. The van der Waals surface area contributed by atoms with Crippen LogP contribution < -0.4 is 5.32 Å². The van der Waals surface area contributed by atoms with E-state index in [2.05, 4.69) is 12.2 Å². The van der Waals surface area contributed by atoms with E-state index in [0.717, 1.165) is 29.7 Å². The largest absolute Gasteiger partial charge is 0.465 e. The number of hydrogen-bond acceptors (Lipinski definition) is 7. The van der Waals surface area contributed by atoms with Crippen LogP contribution in [0.25, 0.3) is 0 Å². The molecule has 0 saturated heterocycles. The zero-order valence-corrected chi connectivity index (χ0v) is 16.0. The molecule has 1 amide bonds. The number of esters is 2. The number of rotatable bonds is 7. The summed E-state index contributed by atoms with van der Waals surface area (Å²) in [5.74, 6) is -1.21. The molecule has 0 radical (unpaired) electrons. The van der Waals surface area contributed by atoms with Crippen LogP contribution in [0.2, 0.25) is 0 Å². The Morgan fingerprint density at radius 3 is 2.62 bits per heavy atom. The summed E-state index contributed by atoms with van der Waals surface area (Å²) in [6.07, 6.45) is 2.64. The van der Waals surface area contributed by atoms with Gasteiger partial charge in [-0.05, 0) is 37.7 Å². The van der Waals surface area contributed by atoms with Crippen molar-refractivity contribution in [2.75, 3.05) is 19.0 Å². The van der Waals surface area contributed by atoms with Crippen LogP contribution in [0, 0.1) is 5.92 Å². The van der Waals surface area contributed by atoms with E-state index in [0.29, 0.717) is 16.5 Å². The van der Waals surface area contributed by atoms with Crippen LogP contribution >= 0.6 is 11.3 Å². The molecule has 1 aliphatic rings. The molecule has 7 nitrogen and oxygen atoms in total. The molecule has 1 heterocycles. The third-order valence-corrected chi connectivity index (χ3v) is 5.37. The molecule has 2 rings (SSSR count). The molecule has 1 aromatic heterocycles. The molecule has 0 bridgehead atoms. The molecule has 0 aromatic carbocycles. The minimum atomic E-state index is -0.608. The molecule has 0 spiro atoms. The van der Waals surface area contributed by atoms with E-state index >= 15 is 0 Å². The number of hydrogen-bond donors (Lipinski definition) is 1. The van der Waals surface area contributed by atoms with Crippen LogP contribution in [0.3, 0.4) is 0 Å². The third-order valence-electron chi connectivity index (χ3n) is 4.20. The zero-order valence-electron chi connectivity index (χ0n) is 15.2. The maximum absolute atomic E-state index is 12.2. The van der Waals surface area contributed by atoms with Crippen molar-refractivity contribution in [3.8, 4) is 0 Å². The summed E-state index contributed by atoms with van der Waals surface area (Å²) >= 11 is 1.37. The lowest BCUT2D eigenvalue weighted by atomic mass is 9.88. The van der Waals surface area contributed by atoms with Crippen molar-refractivity contribution in [2.24, 2.45) is 5.92 Å². The van der Waals surface area contributed by atoms with Crippen molar-refractivity contribution >= 4 is 40.0 Å². The summed E-state index contributed by atoms with van der Waals surface area (Å²) < 4.78 is 9.72. The van der Waals surface area contributed by atoms with Crippen molar-refractivity contribution in [2.45, 2.75) is 46.0 Å². The van der Waals surface area contributed by atoms with Gasteiger partial charge in [-0.2, -0.15) is 0 Å². The van der Waals surface area contributed by atoms with Gasteiger partial charge in [-0.1, -0.05) is 6.92 Å². The number of carbonyl (C=O) groups is 4. The SMILES string of the molecule is COC(=O)c1c(NC(=O)COC(=O)CCC(C)=O)sc2c1CC[C@@H](C)C2. The van der Waals surface area contributed by atoms with Crippen molar-refractivity contribution in [1.82, 2.24) is 0 Å². The Morgan fingerprint density at radius 1 is 1.23 bits per heavy atom. The minimum Gasteiger partial charge on any atom is -0.465 e. The van der Waals surface area contributed by atoms with E-state index in [-0.39, 0.29) is 18.6 Å². The number of fused-ring (bicyclic) bond motifs is 1. The molecule has 1 atom stereocenters. The van der Waals surface area contributed by atoms with E-state index < -0.39 is 24.5 Å². The summed E-state index contributed by atoms with van der Waals surface area (Å²) in [6.45, 7) is 3.07. The summed E-state index contributed by atoms with van der Waals surface area (Å²) in [5.41, 5.74) is 1.34. The van der Waals surface area contributed by atoms with Gasteiger partial charge in [0.05, 0.1) is 19.1 Å². The van der Waals surface area contributed by atoms with Gasteiger partial charge >= 0.3 is 11.9 Å². The second-order valence-electron chi connectivity index (χ2n) is 6.46. The third kappa shape index (κ3) is 5.14. The number of amides is 1. The molecule has 1 N–H and O–H groups in total. The maximum atomic E-state index is 12.2. The number of carbonyl (C=O) groups excluding carboxylic acids is 4. The van der Waals surface area contributed by atoms with Gasteiger partial charge in [0.25, 0.3) is 5.91 Å². The van der Waals surface area contributed by atoms with Crippen LogP contribution in [0.4, 0.5) is 5.00 Å². The van der Waals surface area contributed by atoms with Crippen LogP contribution in [-0.2, 0) is 36.7 Å². The highest BCUT2D eigenvalue weighted by Crippen LogP contribution is 2.39. The lowest BCUT2D eigenvalue weighted by molar-refractivity contribution is -0.148. The van der Waals surface area contributed by atoms with E-state index in [4.69, 9.17) is 9.47 Å². The average Bonchev–Trinajstić information content (AvgIpc) is 2.94. The number of anilines is 1. The molecule has 26 heavy (non-hydrogen) atoms. The molecular weight excluding hydrogens is 358 g/mol. The number of thiophene rings is 1. The van der Waals surface area contributed by atoms with Gasteiger partial charge in [-0.3, -0.25) is 9.59 Å². The van der Waals surface area contributed by atoms with Crippen LogP contribution in [0.1, 0.15) is 53.9 Å². The molecule has 0 saturated carbocycles. The first-order valence-corrected chi connectivity index (χ1v) is 9.31. The molecule has 0 aliphatic heterocycles. The van der Waals surface area contributed by atoms with Gasteiger partial charge in [0.1, 0.15) is 10.8 Å². The maximum Gasteiger partial charge on any atom is 0.341 e. The van der Waals surface area contributed by atoms with Crippen LogP contribution in [0.15, 0.2) is 0 Å². The van der Waals surface area contributed by atoms with Gasteiger partial charge in [-0.25, -0.2) is 4.79 Å². The van der Waals surface area contributed by atoms with E-state index in [9.17, 15) is 19.2 Å². The summed E-state index contributed by atoms with van der Waals surface area (Å²) in [6, 6.07) is 0. The normalized spacial score (nSPS) is 15.7. The van der Waals surface area contributed by atoms with Gasteiger partial charge < -0.3 is 19.6 Å². The Bertz CT molecular complexity index is 724. The second-order valence-corrected chi connectivity index (χ2v) is 7.56. The quantitative estimate of drug-likeness (QED) is 0.729. The first-order valence-electron chi connectivity index (χ1n) is 8.49. The molecule has 0 unspecified atom stereocenters. The topological polar surface area (TPSA) is 98.8 Å². The predicted octanol–water partition coefficient (Wildman–Crippen LogP) is 2.51. The van der Waals surface area contributed by atoms with Crippen molar-refractivity contribution in [1.29, 1.82) is 0 Å². The number of nitrogens with one attached hydrogen (secondary N) is 1. The monoisotopic (exact) mass is 381 g/mol. The van der Waals surface area contributed by atoms with Gasteiger partial charge in [0, 0.05) is 11.3 Å². The number of Topliss-reactive ketones (excluding diaryl/α,β-unsaturated/α-hetero) is 1. The van der Waals surface area contributed by atoms with Crippen molar-refractivity contribution < 1.29 is 28.7 Å².